The van der Waals surface area contributed by atoms with Gasteiger partial charge in [0.25, 0.3) is 11.5 Å². The highest BCUT2D eigenvalue weighted by Gasteiger charge is 2.12. The molecule has 0 radical (unpaired) electrons. The number of amides is 1. The maximum Gasteiger partial charge on any atom is 0.298 e. The molecule has 0 unspecified atom stereocenters. The van der Waals surface area contributed by atoms with E-state index < -0.39 is 11.5 Å². The van der Waals surface area contributed by atoms with Crippen LogP contribution >= 0.6 is 11.6 Å². The fourth-order valence-electron chi connectivity index (χ4n) is 2.00. The monoisotopic (exact) mass is 326 g/mol. The molecule has 1 amide bonds. The molecule has 3 aromatic rings. The molecule has 0 aliphatic rings. The molecular weight excluding hydrogens is 316 g/mol. The molecule has 3 rings (SSSR count). The Kier molecular flexibility index (Phi) is 4.16. The maximum atomic E-state index is 12.5. The number of anilines is 1. The molecule has 23 heavy (non-hydrogen) atoms. The standard InChI is InChI=1S/C16H11ClN4O2/c17-11-4-3-5-12(10-11)21-9-8-19-14(16(21)23)20-15(22)13-6-1-2-7-18-13/h1-10H,(H,19,20,22). The van der Waals surface area contributed by atoms with Gasteiger partial charge in [0, 0.05) is 23.6 Å². The minimum atomic E-state index is -0.501. The van der Waals surface area contributed by atoms with Crippen LogP contribution in [0.5, 0.6) is 0 Å². The van der Waals surface area contributed by atoms with Gasteiger partial charge in [-0.05, 0) is 30.3 Å². The highest BCUT2D eigenvalue weighted by Crippen LogP contribution is 2.13. The highest BCUT2D eigenvalue weighted by atomic mass is 35.5. The first-order valence-corrected chi connectivity index (χ1v) is 7.09. The molecule has 0 bridgehead atoms. The lowest BCUT2D eigenvalue weighted by molar-refractivity contribution is 0.102. The number of carbonyl (C=O) groups is 1. The van der Waals surface area contributed by atoms with E-state index >= 15 is 0 Å². The third kappa shape index (κ3) is 3.27. The summed E-state index contributed by atoms with van der Waals surface area (Å²) in [5, 5.41) is 2.98. The summed E-state index contributed by atoms with van der Waals surface area (Å²) in [5.41, 5.74) is 0.323. The van der Waals surface area contributed by atoms with Crippen LogP contribution in [0, 0.1) is 0 Å². The Labute approximate surface area is 136 Å². The van der Waals surface area contributed by atoms with E-state index in [2.05, 4.69) is 15.3 Å². The van der Waals surface area contributed by atoms with Gasteiger partial charge in [0.15, 0.2) is 5.82 Å². The number of carbonyl (C=O) groups excluding carboxylic acids is 1. The van der Waals surface area contributed by atoms with Crippen molar-refractivity contribution in [3.05, 3.63) is 82.1 Å². The first-order valence-electron chi connectivity index (χ1n) is 6.71. The number of hydrogen-bond acceptors (Lipinski definition) is 4. The maximum absolute atomic E-state index is 12.5. The smallest absolute Gasteiger partial charge is 0.298 e. The van der Waals surface area contributed by atoms with Crippen molar-refractivity contribution in [1.29, 1.82) is 0 Å². The summed E-state index contributed by atoms with van der Waals surface area (Å²) < 4.78 is 1.35. The van der Waals surface area contributed by atoms with Crippen LogP contribution in [-0.4, -0.2) is 20.4 Å². The van der Waals surface area contributed by atoms with E-state index in [1.54, 1.807) is 42.5 Å². The zero-order valence-corrected chi connectivity index (χ0v) is 12.6. The molecular formula is C16H11ClN4O2. The summed E-state index contributed by atoms with van der Waals surface area (Å²) in [7, 11) is 0. The van der Waals surface area contributed by atoms with Gasteiger partial charge in [0.05, 0.1) is 5.69 Å². The molecule has 0 saturated carbocycles. The van der Waals surface area contributed by atoms with E-state index in [-0.39, 0.29) is 11.5 Å². The molecule has 6 nitrogen and oxygen atoms in total. The van der Waals surface area contributed by atoms with E-state index in [4.69, 9.17) is 11.6 Å². The van der Waals surface area contributed by atoms with Crippen molar-refractivity contribution in [2.24, 2.45) is 0 Å². The van der Waals surface area contributed by atoms with Crippen LogP contribution in [0.15, 0.2) is 65.8 Å². The van der Waals surface area contributed by atoms with Gasteiger partial charge in [-0.2, -0.15) is 0 Å². The van der Waals surface area contributed by atoms with Crippen LogP contribution in [0.1, 0.15) is 10.5 Å². The quantitative estimate of drug-likeness (QED) is 0.802. The first kappa shape index (κ1) is 14.9. The number of rotatable bonds is 3. The summed E-state index contributed by atoms with van der Waals surface area (Å²) in [6.07, 6.45) is 4.43. The van der Waals surface area contributed by atoms with Crippen LogP contribution in [-0.2, 0) is 0 Å². The van der Waals surface area contributed by atoms with Crippen molar-refractivity contribution < 1.29 is 4.79 Å². The lowest BCUT2D eigenvalue weighted by Gasteiger charge is -2.08. The second-order valence-corrected chi connectivity index (χ2v) is 5.04. The molecule has 0 spiro atoms. The van der Waals surface area contributed by atoms with Crippen LogP contribution in [0.4, 0.5) is 5.82 Å². The van der Waals surface area contributed by atoms with Crippen molar-refractivity contribution in [3.63, 3.8) is 0 Å². The van der Waals surface area contributed by atoms with Gasteiger partial charge in [-0.25, -0.2) is 4.98 Å². The van der Waals surface area contributed by atoms with Gasteiger partial charge in [0.2, 0.25) is 0 Å². The average Bonchev–Trinajstić information content (AvgIpc) is 2.57. The molecule has 0 saturated heterocycles. The summed E-state index contributed by atoms with van der Waals surface area (Å²) in [5.74, 6) is -0.581. The van der Waals surface area contributed by atoms with E-state index in [9.17, 15) is 9.59 Å². The van der Waals surface area contributed by atoms with Crippen LogP contribution < -0.4 is 10.9 Å². The number of halogens is 1. The largest absolute Gasteiger partial charge is 0.301 e. The van der Waals surface area contributed by atoms with Gasteiger partial charge in [-0.15, -0.1) is 0 Å². The van der Waals surface area contributed by atoms with Gasteiger partial charge in [-0.3, -0.25) is 19.1 Å². The van der Waals surface area contributed by atoms with Crippen LogP contribution in [0.25, 0.3) is 5.69 Å². The fraction of sp³-hybridized carbons (Fsp3) is 0. The lowest BCUT2D eigenvalue weighted by atomic mass is 10.3. The number of hydrogen-bond donors (Lipinski definition) is 1. The molecule has 114 valence electrons. The number of nitrogens with zero attached hydrogens (tertiary/aromatic N) is 3. The molecule has 0 aliphatic carbocycles. The molecule has 1 aromatic carbocycles. The Bertz CT molecular complexity index is 909. The number of pyridine rings is 1. The molecule has 0 aliphatic heterocycles. The van der Waals surface area contributed by atoms with Crippen molar-refractivity contribution >= 4 is 23.3 Å². The van der Waals surface area contributed by atoms with E-state index in [1.807, 2.05) is 0 Å². The molecule has 7 heteroatoms. The van der Waals surface area contributed by atoms with E-state index in [1.165, 1.54) is 23.2 Å². The average molecular weight is 327 g/mol. The fourth-order valence-corrected chi connectivity index (χ4v) is 2.18. The van der Waals surface area contributed by atoms with Gasteiger partial charge >= 0.3 is 0 Å². The molecule has 0 fully saturated rings. The van der Waals surface area contributed by atoms with Crippen molar-refractivity contribution in [2.75, 3.05) is 5.32 Å². The summed E-state index contributed by atoms with van der Waals surface area (Å²) in [4.78, 5) is 32.4. The third-order valence-electron chi connectivity index (χ3n) is 3.06. The Balaban J connectivity index is 1.95. The molecule has 2 heterocycles. The zero-order chi connectivity index (χ0) is 16.2. The van der Waals surface area contributed by atoms with Gasteiger partial charge in [0.1, 0.15) is 5.69 Å². The van der Waals surface area contributed by atoms with Gasteiger partial charge < -0.3 is 5.32 Å². The predicted molar refractivity (Wildman–Crippen MR) is 87.0 cm³/mol. The summed E-state index contributed by atoms with van der Waals surface area (Å²) in [6, 6.07) is 11.8. The topological polar surface area (TPSA) is 76.9 Å². The molecule has 1 N–H and O–H groups in total. The molecule has 0 atom stereocenters. The van der Waals surface area contributed by atoms with Crippen molar-refractivity contribution in [3.8, 4) is 5.69 Å². The molecule has 2 aromatic heterocycles. The van der Waals surface area contributed by atoms with Crippen LogP contribution in [0.3, 0.4) is 0 Å². The minimum Gasteiger partial charge on any atom is -0.301 e. The lowest BCUT2D eigenvalue weighted by Crippen LogP contribution is -2.26. The predicted octanol–water partition coefficient (Wildman–Crippen LogP) is 2.53. The van der Waals surface area contributed by atoms with Crippen LogP contribution in [0.2, 0.25) is 5.02 Å². The number of benzene rings is 1. The Morgan fingerprint density at radius 2 is 1.96 bits per heavy atom. The Morgan fingerprint density at radius 1 is 1.09 bits per heavy atom. The van der Waals surface area contributed by atoms with E-state index in [0.717, 1.165) is 0 Å². The Hall–Kier alpha value is -2.99. The third-order valence-corrected chi connectivity index (χ3v) is 3.29. The van der Waals surface area contributed by atoms with Gasteiger partial charge in [-0.1, -0.05) is 23.7 Å². The summed E-state index contributed by atoms with van der Waals surface area (Å²) >= 11 is 5.94. The number of aromatic nitrogens is 3. The number of nitrogens with one attached hydrogen (secondary N) is 1. The van der Waals surface area contributed by atoms with E-state index in [0.29, 0.717) is 10.7 Å². The SMILES string of the molecule is O=C(Nc1nccn(-c2cccc(Cl)c2)c1=O)c1ccccn1. The second kappa shape index (κ2) is 6.41. The van der Waals surface area contributed by atoms with Crippen molar-refractivity contribution in [1.82, 2.24) is 14.5 Å². The summed E-state index contributed by atoms with van der Waals surface area (Å²) in [6.45, 7) is 0. The normalized spacial score (nSPS) is 10.3. The highest BCUT2D eigenvalue weighted by molar-refractivity contribution is 6.30. The van der Waals surface area contributed by atoms with Crippen molar-refractivity contribution in [2.45, 2.75) is 0 Å². The Morgan fingerprint density at radius 3 is 2.70 bits per heavy atom. The minimum absolute atomic E-state index is 0.0804. The second-order valence-electron chi connectivity index (χ2n) is 4.60. The zero-order valence-electron chi connectivity index (χ0n) is 11.8. The first-order chi connectivity index (χ1) is 11.1.